The molecule has 0 aliphatic rings. The monoisotopic (exact) mass is 320 g/mol. The number of ether oxygens (including phenoxy) is 1. The van der Waals surface area contributed by atoms with E-state index in [0.717, 1.165) is 6.07 Å². The van der Waals surface area contributed by atoms with E-state index in [4.69, 9.17) is 4.74 Å². The number of hydrogen-bond donors (Lipinski definition) is 0. The summed E-state index contributed by atoms with van der Waals surface area (Å²) in [5.74, 6) is -0.373. The van der Waals surface area contributed by atoms with E-state index in [-0.39, 0.29) is 18.0 Å². The fourth-order valence-corrected chi connectivity index (χ4v) is 2.07. The smallest absolute Gasteiger partial charge is 0.420 e. The maximum atomic E-state index is 13.1. The van der Waals surface area contributed by atoms with E-state index in [1.54, 1.807) is 25.7 Å². The van der Waals surface area contributed by atoms with Crippen LogP contribution >= 0.6 is 0 Å². The maximum absolute atomic E-state index is 13.1. The summed E-state index contributed by atoms with van der Waals surface area (Å²) in [6.07, 6.45) is -4.18. The van der Waals surface area contributed by atoms with Crippen molar-refractivity contribution in [3.05, 3.63) is 27.8 Å². The number of nitrogens with zero attached hydrogens (tertiary/aromatic N) is 2. The van der Waals surface area contributed by atoms with Crippen molar-refractivity contribution in [1.29, 1.82) is 0 Å². The predicted octanol–water partition coefficient (Wildman–Crippen LogP) is 4.25. The zero-order valence-electron chi connectivity index (χ0n) is 12.7. The van der Waals surface area contributed by atoms with Gasteiger partial charge in [-0.1, -0.05) is 6.92 Å². The van der Waals surface area contributed by atoms with Gasteiger partial charge in [-0.15, -0.1) is 0 Å². The molecule has 0 N–H and O–H groups in total. The fourth-order valence-electron chi connectivity index (χ4n) is 2.07. The Balaban J connectivity index is 3.53. The lowest BCUT2D eigenvalue weighted by Crippen LogP contribution is -2.23. The highest BCUT2D eigenvalue weighted by Crippen LogP contribution is 2.43. The lowest BCUT2D eigenvalue weighted by molar-refractivity contribution is -0.384. The van der Waals surface area contributed by atoms with E-state index in [2.05, 4.69) is 0 Å². The van der Waals surface area contributed by atoms with Crippen LogP contribution < -0.4 is 9.64 Å². The van der Waals surface area contributed by atoms with Crippen LogP contribution in [0.3, 0.4) is 0 Å². The van der Waals surface area contributed by atoms with Gasteiger partial charge in [0.15, 0.2) is 0 Å². The van der Waals surface area contributed by atoms with Gasteiger partial charge in [0.05, 0.1) is 11.5 Å². The molecule has 0 amide bonds. The summed E-state index contributed by atoms with van der Waals surface area (Å²) < 4.78 is 44.5. The van der Waals surface area contributed by atoms with Crippen molar-refractivity contribution in [2.24, 2.45) is 0 Å². The van der Waals surface area contributed by atoms with E-state index in [9.17, 15) is 23.3 Å². The van der Waals surface area contributed by atoms with Crippen LogP contribution in [0.25, 0.3) is 0 Å². The van der Waals surface area contributed by atoms with Crippen molar-refractivity contribution in [2.45, 2.75) is 33.4 Å². The van der Waals surface area contributed by atoms with Gasteiger partial charge in [0.1, 0.15) is 17.0 Å². The van der Waals surface area contributed by atoms with Crippen LogP contribution in [0.4, 0.5) is 24.5 Å². The van der Waals surface area contributed by atoms with Gasteiger partial charge in [-0.3, -0.25) is 10.1 Å². The molecular weight excluding hydrogens is 301 g/mol. The zero-order chi connectivity index (χ0) is 16.9. The molecule has 0 heterocycles. The van der Waals surface area contributed by atoms with E-state index in [0.29, 0.717) is 25.6 Å². The minimum Gasteiger partial charge on any atom is -0.493 e. The predicted molar refractivity (Wildman–Crippen MR) is 77.4 cm³/mol. The van der Waals surface area contributed by atoms with Crippen LogP contribution in [0, 0.1) is 10.1 Å². The molecule has 124 valence electrons. The lowest BCUT2D eigenvalue weighted by Gasteiger charge is -2.23. The molecule has 1 rings (SSSR count). The van der Waals surface area contributed by atoms with Crippen LogP contribution in [0.1, 0.15) is 32.8 Å². The third-order valence-corrected chi connectivity index (χ3v) is 3.14. The van der Waals surface area contributed by atoms with E-state index in [1.807, 2.05) is 0 Å². The first-order valence-electron chi connectivity index (χ1n) is 7.03. The van der Waals surface area contributed by atoms with E-state index >= 15 is 0 Å². The molecule has 0 saturated carbocycles. The first kappa shape index (κ1) is 18.1. The van der Waals surface area contributed by atoms with Gasteiger partial charge in [-0.2, -0.15) is 13.2 Å². The first-order valence-corrected chi connectivity index (χ1v) is 7.03. The average molecular weight is 320 g/mol. The van der Waals surface area contributed by atoms with Gasteiger partial charge in [-0.25, -0.2) is 0 Å². The van der Waals surface area contributed by atoms with Crippen LogP contribution in [0.2, 0.25) is 0 Å². The Morgan fingerprint density at radius 1 is 1.23 bits per heavy atom. The van der Waals surface area contributed by atoms with Gasteiger partial charge < -0.3 is 9.64 Å². The molecule has 0 unspecified atom stereocenters. The molecule has 0 aromatic heterocycles. The van der Waals surface area contributed by atoms with Crippen molar-refractivity contribution >= 4 is 11.4 Å². The standard InChI is InChI=1S/C14H19F3N2O3/c1-4-7-22-13-9-11(18(5-2)6-3)12(19(20)21)8-10(13)14(15,16)17/h8-9H,4-7H2,1-3H3. The quantitative estimate of drug-likeness (QED) is 0.557. The molecule has 8 heteroatoms. The van der Waals surface area contributed by atoms with Crippen LogP contribution in [-0.4, -0.2) is 24.6 Å². The topological polar surface area (TPSA) is 55.6 Å². The van der Waals surface area contributed by atoms with Crippen molar-refractivity contribution in [3.8, 4) is 5.75 Å². The zero-order valence-corrected chi connectivity index (χ0v) is 12.7. The third-order valence-electron chi connectivity index (χ3n) is 3.14. The summed E-state index contributed by atoms with van der Waals surface area (Å²) in [6.45, 7) is 6.31. The van der Waals surface area contributed by atoms with Gasteiger partial charge in [0, 0.05) is 25.2 Å². The van der Waals surface area contributed by atoms with Crippen molar-refractivity contribution < 1.29 is 22.8 Å². The van der Waals surface area contributed by atoms with Crippen molar-refractivity contribution in [1.82, 2.24) is 0 Å². The second-order valence-electron chi connectivity index (χ2n) is 4.61. The largest absolute Gasteiger partial charge is 0.493 e. The molecule has 22 heavy (non-hydrogen) atoms. The molecule has 0 aliphatic heterocycles. The second-order valence-corrected chi connectivity index (χ2v) is 4.61. The maximum Gasteiger partial charge on any atom is 0.420 e. The minimum absolute atomic E-state index is 0.110. The summed E-state index contributed by atoms with van der Waals surface area (Å²) in [4.78, 5) is 12.0. The minimum atomic E-state index is -4.71. The SMILES string of the molecule is CCCOc1cc(N(CC)CC)c([N+](=O)[O-])cc1C(F)(F)F. The van der Waals surface area contributed by atoms with Crippen LogP contribution in [0.15, 0.2) is 12.1 Å². The Labute approximate surface area is 126 Å². The normalized spacial score (nSPS) is 11.4. The first-order chi connectivity index (χ1) is 10.3. The highest BCUT2D eigenvalue weighted by molar-refractivity contribution is 5.68. The Bertz CT molecular complexity index is 529. The Hall–Kier alpha value is -1.99. The number of alkyl halides is 3. The summed E-state index contributed by atoms with van der Waals surface area (Å²) in [6, 6.07) is 1.67. The third kappa shape index (κ3) is 4.02. The molecule has 1 aromatic carbocycles. The van der Waals surface area contributed by atoms with Gasteiger partial charge in [0.25, 0.3) is 5.69 Å². The van der Waals surface area contributed by atoms with Crippen molar-refractivity contribution in [2.75, 3.05) is 24.6 Å². The molecule has 0 fully saturated rings. The van der Waals surface area contributed by atoms with Gasteiger partial charge in [0.2, 0.25) is 0 Å². The number of benzene rings is 1. The average Bonchev–Trinajstić information content (AvgIpc) is 2.44. The second kappa shape index (κ2) is 7.33. The molecule has 5 nitrogen and oxygen atoms in total. The molecule has 1 aromatic rings. The summed E-state index contributed by atoms with van der Waals surface area (Å²) in [5.41, 5.74) is -1.56. The Morgan fingerprint density at radius 2 is 1.82 bits per heavy atom. The van der Waals surface area contributed by atoms with Gasteiger partial charge in [-0.05, 0) is 20.3 Å². The number of rotatable bonds is 7. The molecule has 0 spiro atoms. The molecule has 0 saturated heterocycles. The number of anilines is 1. The Kier molecular flexibility index (Phi) is 6.01. The molecular formula is C14H19F3N2O3. The molecule has 0 atom stereocenters. The molecule has 0 bridgehead atoms. The number of hydrogen-bond acceptors (Lipinski definition) is 4. The fraction of sp³-hybridized carbons (Fsp3) is 0.571. The summed E-state index contributed by atoms with van der Waals surface area (Å²) in [5, 5.41) is 11.1. The molecule has 0 aliphatic carbocycles. The summed E-state index contributed by atoms with van der Waals surface area (Å²) >= 11 is 0. The Morgan fingerprint density at radius 3 is 2.23 bits per heavy atom. The van der Waals surface area contributed by atoms with E-state index < -0.39 is 22.4 Å². The number of halogens is 3. The number of nitro groups is 1. The van der Waals surface area contributed by atoms with Crippen LogP contribution in [-0.2, 0) is 6.18 Å². The summed E-state index contributed by atoms with van der Waals surface area (Å²) in [7, 11) is 0. The van der Waals surface area contributed by atoms with Crippen LogP contribution in [0.5, 0.6) is 5.75 Å². The van der Waals surface area contributed by atoms with Crippen molar-refractivity contribution in [3.63, 3.8) is 0 Å². The van der Waals surface area contributed by atoms with E-state index in [1.165, 1.54) is 0 Å². The molecule has 0 radical (unpaired) electrons. The highest BCUT2D eigenvalue weighted by atomic mass is 19.4. The van der Waals surface area contributed by atoms with Gasteiger partial charge >= 0.3 is 6.18 Å². The highest BCUT2D eigenvalue weighted by Gasteiger charge is 2.38. The lowest BCUT2D eigenvalue weighted by atomic mass is 10.1. The number of nitro benzene ring substituents is 1.